The Balaban J connectivity index is 0.000000104. The number of furan rings is 4. The molecule has 20 aromatic rings. The van der Waals surface area contributed by atoms with Gasteiger partial charge < -0.3 is 17.7 Å². The molecule has 0 aliphatic carbocycles. The summed E-state index contributed by atoms with van der Waals surface area (Å²) in [5.74, 6) is 0. The molecule has 0 saturated heterocycles. The molecular formula is C91H74N8O4+4. The topological polar surface area (TPSA) is 120 Å². The van der Waals surface area contributed by atoms with Gasteiger partial charge in [-0.2, -0.15) is 0 Å². The van der Waals surface area contributed by atoms with Crippen molar-refractivity contribution < 1.29 is 40.5 Å². The van der Waals surface area contributed by atoms with E-state index >= 15 is 0 Å². The molecule has 12 nitrogen and oxygen atoms in total. The van der Waals surface area contributed by atoms with E-state index in [9.17, 15) is 0 Å². The fourth-order valence-electron chi connectivity index (χ4n) is 15.3. The second-order valence-corrected chi connectivity index (χ2v) is 26.9. The van der Waals surface area contributed by atoms with Gasteiger partial charge in [0.15, 0.2) is 28.2 Å². The Bertz CT molecular complexity index is 6990. The van der Waals surface area contributed by atoms with Gasteiger partial charge in [-0.25, -0.2) is 0 Å². The highest BCUT2D eigenvalue weighted by Crippen LogP contribution is 2.45. The van der Waals surface area contributed by atoms with E-state index in [2.05, 4.69) is 243 Å². The van der Waals surface area contributed by atoms with E-state index < -0.39 is 6.85 Å². The third-order valence-electron chi connectivity index (χ3n) is 20.4. The zero-order valence-electron chi connectivity index (χ0n) is 61.9. The smallest absolute Gasteiger partial charge is 0.243 e. The van der Waals surface area contributed by atoms with E-state index in [1.54, 1.807) is 30.2 Å². The van der Waals surface area contributed by atoms with E-state index in [0.29, 0.717) is 0 Å². The first-order valence-electron chi connectivity index (χ1n) is 36.1. The number of nitrogens with zero attached hydrogens (tertiary/aromatic N) is 8. The minimum atomic E-state index is -2.24. The molecule has 8 aromatic heterocycles. The van der Waals surface area contributed by atoms with Crippen molar-refractivity contribution in [1.29, 1.82) is 0 Å². The van der Waals surface area contributed by atoms with Crippen LogP contribution >= 0.6 is 0 Å². The first-order valence-corrected chi connectivity index (χ1v) is 34.6. The van der Waals surface area contributed by atoms with Crippen LogP contribution in [0, 0.1) is 48.4 Å². The van der Waals surface area contributed by atoms with Crippen LogP contribution in [0.4, 0.5) is 0 Å². The molecule has 103 heavy (non-hydrogen) atoms. The number of hydrogen-bond donors (Lipinski definition) is 0. The van der Waals surface area contributed by atoms with Crippen LogP contribution in [-0.4, -0.2) is 20.4 Å². The Kier molecular flexibility index (Phi) is 14.9. The quantitative estimate of drug-likeness (QED) is 0.160. The van der Waals surface area contributed by atoms with Crippen LogP contribution < -0.4 is 18.7 Å². The molecule has 20 rings (SSSR count). The number of benzene rings is 12. The molecule has 12 heteroatoms. The van der Waals surface area contributed by atoms with Gasteiger partial charge in [-0.3, -0.25) is 0 Å². The first kappa shape index (κ1) is 60.2. The summed E-state index contributed by atoms with van der Waals surface area (Å²) in [7, 11) is 7.68. The maximum Gasteiger partial charge on any atom is 0.243 e. The third-order valence-corrected chi connectivity index (χ3v) is 20.4. The normalized spacial score (nSPS) is 12.2. The van der Waals surface area contributed by atoms with Crippen LogP contribution in [0.15, 0.2) is 267 Å². The minimum absolute atomic E-state index is 0.0733. The molecule has 0 bridgehead atoms. The predicted molar refractivity (Wildman–Crippen MR) is 416 cm³/mol. The summed E-state index contributed by atoms with van der Waals surface area (Å²) in [4.78, 5) is 0. The molecule has 498 valence electrons. The molecule has 0 aliphatic heterocycles. The second-order valence-electron chi connectivity index (χ2n) is 26.9. The lowest BCUT2D eigenvalue weighted by atomic mass is 9.95. The largest absolute Gasteiger partial charge is 0.455 e. The Morgan fingerprint density at radius 2 is 0.670 bits per heavy atom. The van der Waals surface area contributed by atoms with Crippen LogP contribution in [0.2, 0.25) is 0 Å². The van der Waals surface area contributed by atoms with E-state index in [0.717, 1.165) is 128 Å². The highest BCUT2D eigenvalue weighted by atomic mass is 16.3. The van der Waals surface area contributed by atoms with Crippen LogP contribution in [0.3, 0.4) is 0 Å². The Hall–Kier alpha value is -12.8. The van der Waals surface area contributed by atoms with E-state index in [1.807, 2.05) is 84.7 Å². The van der Waals surface area contributed by atoms with Gasteiger partial charge in [0.2, 0.25) is 22.8 Å². The van der Waals surface area contributed by atoms with Crippen molar-refractivity contribution in [3.63, 3.8) is 0 Å². The van der Waals surface area contributed by atoms with Gasteiger partial charge in [0.1, 0.15) is 50.4 Å². The predicted octanol–water partition coefficient (Wildman–Crippen LogP) is 20.7. The lowest BCUT2D eigenvalue weighted by Crippen LogP contribution is -2.36. The second kappa shape index (κ2) is 25.4. The van der Waals surface area contributed by atoms with Gasteiger partial charge >= 0.3 is 0 Å². The Morgan fingerprint density at radius 3 is 1.08 bits per heavy atom. The molecule has 0 radical (unpaired) electrons. The maximum absolute atomic E-state index is 7.61. The molecule has 0 saturated carbocycles. The zero-order chi connectivity index (χ0) is 73.0. The van der Waals surface area contributed by atoms with Gasteiger partial charge in [-0.15, -0.1) is 0 Å². The van der Waals surface area contributed by atoms with E-state index in [1.165, 1.54) is 81.5 Å². The molecule has 0 atom stereocenters. The van der Waals surface area contributed by atoms with E-state index in [4.69, 9.17) is 21.8 Å². The zero-order valence-corrected chi connectivity index (χ0v) is 58.9. The maximum atomic E-state index is 7.61. The number of hydrogen-bond acceptors (Lipinski definition) is 8. The molecule has 0 unspecified atom stereocenters. The summed E-state index contributed by atoms with van der Waals surface area (Å²) < 4.78 is 55.6. The number of rotatable bonds is 4. The van der Waals surface area contributed by atoms with Crippen molar-refractivity contribution in [2.75, 3.05) is 0 Å². The molecular weight excluding hydrogens is 1270 g/mol. The van der Waals surface area contributed by atoms with Crippen LogP contribution in [-0.2, 0) is 28.2 Å². The molecule has 0 amide bonds. The van der Waals surface area contributed by atoms with Crippen molar-refractivity contribution in [2.45, 2.75) is 48.4 Å². The highest BCUT2D eigenvalue weighted by Gasteiger charge is 2.28. The number of aryl methyl sites for hydroxylation is 10. The average Bonchev–Trinajstić information content (AvgIpc) is 1.60. The fourth-order valence-corrected chi connectivity index (χ4v) is 15.3. The average molecular weight is 1350 g/mol. The molecule has 0 spiro atoms. The summed E-state index contributed by atoms with van der Waals surface area (Å²) in [6.07, 6.45) is 5.48. The number of aromatic nitrogens is 8. The standard InChI is InChI=1S/3C23H19N2O.C22H17N2O/c1-14-13-18-22-17-8-5-4-7-16(17)10-11-20(22)26-23(18)21(15(14)2)19-9-6-12-24-25(19)3;1-14-8-11-18-22-17-7-5-4-6-16(17)10-13-20(22)26-23(18)21(14)19-12-9-15(2)24-25(19)3;1-14-12-19(25(3)24-13-14)21-15(2)8-10-18-22-17-7-5-4-6-16(17)9-11-20(22)26-23(18)21;1-14-9-11-17-21-16-7-4-3-6-15(16)10-12-19(21)25-22(17)20(14)18-8-5-13-23-24(18)2/h3*4-13H,1-3H3;3-13H,1-2H3/q4*+1/i;2D3;;. The Morgan fingerprint density at radius 1 is 0.301 bits per heavy atom. The summed E-state index contributed by atoms with van der Waals surface area (Å²) in [6, 6.07) is 79.1. The fraction of sp³-hybridized carbons (Fsp3) is 0.121. The van der Waals surface area contributed by atoms with Gasteiger partial charge in [0.25, 0.3) is 0 Å². The van der Waals surface area contributed by atoms with Crippen LogP contribution in [0.1, 0.15) is 43.2 Å². The lowest BCUT2D eigenvalue weighted by Gasteiger charge is -2.07. The van der Waals surface area contributed by atoms with Crippen molar-refractivity contribution in [3.8, 4) is 45.0 Å². The molecule has 12 aromatic carbocycles. The summed E-state index contributed by atoms with van der Waals surface area (Å²) in [5, 5.41) is 36.4. The first-order chi connectivity index (χ1) is 51.4. The van der Waals surface area contributed by atoms with Crippen molar-refractivity contribution in [2.24, 2.45) is 28.2 Å². The molecule has 8 heterocycles. The lowest BCUT2D eigenvalue weighted by molar-refractivity contribution is -0.720. The van der Waals surface area contributed by atoms with E-state index in [-0.39, 0.29) is 5.69 Å². The highest BCUT2D eigenvalue weighted by molar-refractivity contribution is 6.24. The summed E-state index contributed by atoms with van der Waals surface area (Å²) in [5.41, 5.74) is 22.5. The van der Waals surface area contributed by atoms with Crippen molar-refractivity contribution in [1.82, 2.24) is 20.4 Å². The van der Waals surface area contributed by atoms with Gasteiger partial charge in [0, 0.05) is 71.5 Å². The van der Waals surface area contributed by atoms with Gasteiger partial charge in [0.05, 0.1) is 40.8 Å². The molecule has 0 N–H and O–H groups in total. The summed E-state index contributed by atoms with van der Waals surface area (Å²) in [6.45, 7) is 10.4. The van der Waals surface area contributed by atoms with Crippen LogP contribution in [0.5, 0.6) is 0 Å². The minimum Gasteiger partial charge on any atom is -0.455 e. The van der Waals surface area contributed by atoms with Gasteiger partial charge in [-0.05, 0) is 194 Å². The molecule has 0 fully saturated rings. The Labute approximate surface area is 598 Å². The van der Waals surface area contributed by atoms with Crippen LogP contribution in [0.25, 0.3) is 176 Å². The summed E-state index contributed by atoms with van der Waals surface area (Å²) >= 11 is 0. The van der Waals surface area contributed by atoms with Crippen molar-refractivity contribution in [3.05, 3.63) is 288 Å². The molecule has 0 aliphatic rings. The number of fused-ring (bicyclic) bond motifs is 20. The van der Waals surface area contributed by atoms with Gasteiger partial charge in [-0.1, -0.05) is 176 Å². The SMILES string of the molecule is Cc1cc2c(oc3ccc4ccccc4c32)c(-c2cccn[n+]2C)c1C.Cc1ccc2c(oc3ccc4ccccc4c32)c1-c1cccn[n+]1C.Cc1cn[n+](C)c(-c2c(C)ccc3c2oc2ccc4ccccc4c23)c1.[2H]C([2H])([2H])c1ccc(-c2c(C)ccc3c2oc2ccc4ccccc4c23)[n+](C)n1. The monoisotopic (exact) mass is 1350 g/mol. The van der Waals surface area contributed by atoms with Crippen molar-refractivity contribution >= 4 is 131 Å². The third kappa shape index (κ3) is 10.8.